The van der Waals surface area contributed by atoms with Crippen LogP contribution in [-0.2, 0) is 14.6 Å². The molecular weight excluding hydrogens is 439 g/mol. The lowest BCUT2D eigenvalue weighted by Crippen LogP contribution is -2.12. The second-order valence-electron chi connectivity index (χ2n) is 6.43. The SMILES string of the molecule is CCOC(=O)c1nn(-c2ccc(F)cc2)c(-c2cccs2)c1S(=O)(=O)c1ccccc1. The predicted molar refractivity (Wildman–Crippen MR) is 115 cm³/mol. The molecule has 0 amide bonds. The number of rotatable bonds is 6. The van der Waals surface area contributed by atoms with Gasteiger partial charge in [0.15, 0.2) is 5.69 Å². The van der Waals surface area contributed by atoms with Crippen LogP contribution in [0.4, 0.5) is 4.39 Å². The van der Waals surface area contributed by atoms with Crippen LogP contribution in [0.2, 0.25) is 0 Å². The molecule has 2 aromatic heterocycles. The maximum Gasteiger partial charge on any atom is 0.360 e. The Hall–Kier alpha value is -3.30. The number of carbonyl (C=O) groups is 1. The molecule has 0 unspecified atom stereocenters. The average molecular weight is 457 g/mol. The lowest BCUT2D eigenvalue weighted by atomic mass is 10.2. The van der Waals surface area contributed by atoms with Crippen LogP contribution in [0.15, 0.2) is 81.9 Å². The smallest absolute Gasteiger partial charge is 0.360 e. The van der Waals surface area contributed by atoms with E-state index in [2.05, 4.69) is 5.10 Å². The third-order valence-corrected chi connectivity index (χ3v) is 7.15. The first kappa shape index (κ1) is 21.0. The molecule has 31 heavy (non-hydrogen) atoms. The van der Waals surface area contributed by atoms with Gasteiger partial charge in [0.2, 0.25) is 9.84 Å². The van der Waals surface area contributed by atoms with Crippen molar-refractivity contribution >= 4 is 27.1 Å². The molecule has 2 aromatic carbocycles. The molecule has 4 rings (SSSR count). The monoisotopic (exact) mass is 456 g/mol. The number of aromatic nitrogens is 2. The van der Waals surface area contributed by atoms with Crippen molar-refractivity contribution in [2.24, 2.45) is 0 Å². The van der Waals surface area contributed by atoms with Gasteiger partial charge in [-0.05, 0) is 54.8 Å². The maximum atomic E-state index is 13.7. The molecule has 9 heteroatoms. The van der Waals surface area contributed by atoms with Gasteiger partial charge in [0, 0.05) is 0 Å². The largest absolute Gasteiger partial charge is 0.461 e. The Bertz CT molecular complexity index is 1310. The van der Waals surface area contributed by atoms with E-state index in [9.17, 15) is 17.6 Å². The van der Waals surface area contributed by atoms with E-state index in [1.165, 1.54) is 52.4 Å². The average Bonchev–Trinajstić information content (AvgIpc) is 3.43. The second-order valence-corrected chi connectivity index (χ2v) is 9.26. The molecule has 0 saturated heterocycles. The summed E-state index contributed by atoms with van der Waals surface area (Å²) >= 11 is 1.30. The van der Waals surface area contributed by atoms with Crippen molar-refractivity contribution in [3.05, 3.63) is 83.6 Å². The fourth-order valence-electron chi connectivity index (χ4n) is 3.11. The Balaban J connectivity index is 2.08. The van der Waals surface area contributed by atoms with Crippen LogP contribution in [0, 0.1) is 5.82 Å². The molecule has 0 bridgehead atoms. The van der Waals surface area contributed by atoms with Crippen LogP contribution >= 0.6 is 11.3 Å². The van der Waals surface area contributed by atoms with Crippen molar-refractivity contribution in [1.82, 2.24) is 9.78 Å². The number of esters is 1. The van der Waals surface area contributed by atoms with Crippen molar-refractivity contribution in [3.63, 3.8) is 0 Å². The maximum absolute atomic E-state index is 13.7. The quantitative estimate of drug-likeness (QED) is 0.391. The van der Waals surface area contributed by atoms with Crippen LogP contribution in [-0.4, -0.2) is 30.8 Å². The number of benzene rings is 2. The number of ether oxygens (including phenoxy) is 1. The first-order chi connectivity index (χ1) is 14.9. The standard InChI is InChI=1S/C22H17FN2O4S2/c1-2-29-22(26)19-21(31(27,28)17-7-4-3-5-8-17)20(18-9-6-14-30-18)25(24-19)16-12-10-15(23)11-13-16/h3-14H,2H2,1H3. The number of nitrogens with zero attached hydrogens (tertiary/aromatic N) is 2. The zero-order valence-corrected chi connectivity index (χ0v) is 18.0. The molecule has 0 aliphatic rings. The van der Waals surface area contributed by atoms with Gasteiger partial charge in [0.1, 0.15) is 16.4 Å². The molecule has 0 N–H and O–H groups in total. The van der Waals surface area contributed by atoms with Crippen LogP contribution in [0.3, 0.4) is 0 Å². The lowest BCUT2D eigenvalue weighted by Gasteiger charge is -2.09. The van der Waals surface area contributed by atoms with Crippen molar-refractivity contribution < 1.29 is 22.3 Å². The van der Waals surface area contributed by atoms with Crippen LogP contribution in [0.5, 0.6) is 0 Å². The van der Waals surface area contributed by atoms with Crippen LogP contribution in [0.1, 0.15) is 17.4 Å². The van der Waals surface area contributed by atoms with E-state index in [0.717, 1.165) is 0 Å². The van der Waals surface area contributed by atoms with Gasteiger partial charge in [-0.1, -0.05) is 24.3 Å². The summed E-state index contributed by atoms with van der Waals surface area (Å²) in [6.07, 6.45) is 0. The molecule has 0 spiro atoms. The minimum Gasteiger partial charge on any atom is -0.461 e. The highest BCUT2D eigenvalue weighted by Gasteiger charge is 2.35. The predicted octanol–water partition coefficient (Wildman–Crippen LogP) is 4.75. The van der Waals surface area contributed by atoms with E-state index in [1.54, 1.807) is 42.6 Å². The first-order valence-corrected chi connectivity index (χ1v) is 11.7. The van der Waals surface area contributed by atoms with Crippen molar-refractivity contribution in [3.8, 4) is 16.3 Å². The molecule has 0 radical (unpaired) electrons. The van der Waals surface area contributed by atoms with Gasteiger partial charge < -0.3 is 4.74 Å². The molecule has 2 heterocycles. The summed E-state index contributed by atoms with van der Waals surface area (Å²) < 4.78 is 47.3. The van der Waals surface area contributed by atoms with Gasteiger partial charge >= 0.3 is 5.97 Å². The van der Waals surface area contributed by atoms with Crippen molar-refractivity contribution in [1.29, 1.82) is 0 Å². The third kappa shape index (κ3) is 3.89. The fourth-order valence-corrected chi connectivity index (χ4v) is 5.51. The summed E-state index contributed by atoms with van der Waals surface area (Å²) in [5.41, 5.74) is 0.303. The highest BCUT2D eigenvalue weighted by molar-refractivity contribution is 7.91. The summed E-state index contributed by atoms with van der Waals surface area (Å²) in [5, 5.41) is 6.12. The van der Waals surface area contributed by atoms with Crippen molar-refractivity contribution in [2.75, 3.05) is 6.61 Å². The highest BCUT2D eigenvalue weighted by atomic mass is 32.2. The molecule has 0 aliphatic carbocycles. The normalized spacial score (nSPS) is 11.4. The minimum atomic E-state index is -4.14. The Morgan fingerprint density at radius 1 is 1.06 bits per heavy atom. The van der Waals surface area contributed by atoms with Gasteiger partial charge in [-0.15, -0.1) is 11.3 Å². The lowest BCUT2D eigenvalue weighted by molar-refractivity contribution is 0.0514. The number of carbonyl (C=O) groups excluding carboxylic acids is 1. The van der Waals surface area contributed by atoms with Crippen molar-refractivity contribution in [2.45, 2.75) is 16.7 Å². The van der Waals surface area contributed by atoms with E-state index in [0.29, 0.717) is 10.6 Å². The number of hydrogen-bond donors (Lipinski definition) is 0. The van der Waals surface area contributed by atoms with Gasteiger partial charge in [-0.2, -0.15) is 5.10 Å². The summed E-state index contributed by atoms with van der Waals surface area (Å²) in [5.74, 6) is -1.30. The van der Waals surface area contributed by atoms with Gasteiger partial charge in [0.25, 0.3) is 0 Å². The fraction of sp³-hybridized carbons (Fsp3) is 0.0909. The Morgan fingerprint density at radius 3 is 2.39 bits per heavy atom. The number of hydrogen-bond acceptors (Lipinski definition) is 6. The molecule has 0 aliphatic heterocycles. The van der Waals surface area contributed by atoms with E-state index < -0.39 is 21.6 Å². The number of halogens is 1. The number of sulfone groups is 1. The van der Waals surface area contributed by atoms with E-state index in [-0.39, 0.29) is 27.8 Å². The topological polar surface area (TPSA) is 78.3 Å². The summed E-state index contributed by atoms with van der Waals surface area (Å²) in [7, 11) is -4.14. The van der Waals surface area contributed by atoms with Gasteiger partial charge in [-0.25, -0.2) is 22.3 Å². The summed E-state index contributed by atoms with van der Waals surface area (Å²) in [6.45, 7) is 1.68. The van der Waals surface area contributed by atoms with E-state index in [4.69, 9.17) is 4.74 Å². The van der Waals surface area contributed by atoms with Gasteiger partial charge in [-0.3, -0.25) is 0 Å². The van der Waals surface area contributed by atoms with E-state index >= 15 is 0 Å². The highest BCUT2D eigenvalue weighted by Crippen LogP contribution is 2.38. The molecule has 0 atom stereocenters. The zero-order chi connectivity index (χ0) is 22.0. The van der Waals surface area contributed by atoms with Crippen LogP contribution in [0.25, 0.3) is 16.3 Å². The zero-order valence-electron chi connectivity index (χ0n) is 16.4. The Morgan fingerprint density at radius 2 is 1.77 bits per heavy atom. The van der Waals surface area contributed by atoms with Crippen LogP contribution < -0.4 is 0 Å². The first-order valence-electron chi connectivity index (χ1n) is 9.33. The molecule has 0 fully saturated rings. The molecule has 158 valence electrons. The van der Waals surface area contributed by atoms with E-state index in [1.807, 2.05) is 0 Å². The Labute approximate surface area is 182 Å². The second kappa shape index (κ2) is 8.44. The number of thiophene rings is 1. The summed E-state index contributed by atoms with van der Waals surface area (Å²) in [4.78, 5) is 13.1. The third-order valence-electron chi connectivity index (χ3n) is 4.46. The Kier molecular flexibility index (Phi) is 5.71. The van der Waals surface area contributed by atoms with Gasteiger partial charge in [0.05, 0.1) is 22.1 Å². The molecular formula is C22H17FN2O4S2. The molecule has 0 saturated carbocycles. The summed E-state index contributed by atoms with van der Waals surface area (Å²) in [6, 6.07) is 16.7. The molecule has 6 nitrogen and oxygen atoms in total. The minimum absolute atomic E-state index is 0.0250. The molecule has 4 aromatic rings.